The molecular weight excluding hydrogens is 275 g/mol. The van der Waals surface area contributed by atoms with E-state index >= 15 is 0 Å². The second-order valence-electron chi connectivity index (χ2n) is 4.98. The normalized spacial score (nSPS) is 14.7. The molecule has 0 aliphatic rings. The van der Waals surface area contributed by atoms with Gasteiger partial charge >= 0.3 is 29.6 Å². The summed E-state index contributed by atoms with van der Waals surface area (Å²) in [4.78, 5) is 0. The predicted molar refractivity (Wildman–Crippen MR) is 72.4 cm³/mol. The van der Waals surface area contributed by atoms with Crippen molar-refractivity contribution in [3.05, 3.63) is 0 Å². The van der Waals surface area contributed by atoms with E-state index in [1.165, 1.54) is 0 Å². The Labute approximate surface area is 140 Å². The smallest absolute Gasteiger partial charge is 0.748 e. The molecule has 0 aliphatic heterocycles. The molecule has 0 spiro atoms. The summed E-state index contributed by atoms with van der Waals surface area (Å²) in [6.07, 6.45) is 6.54. The second kappa shape index (κ2) is 12.6. The van der Waals surface area contributed by atoms with Crippen LogP contribution in [-0.2, 0) is 10.1 Å². The Hall–Kier alpha value is 0.870. The molecule has 0 rings (SSSR count). The average molecular weight is 302 g/mol. The summed E-state index contributed by atoms with van der Waals surface area (Å²) in [5.41, 5.74) is 0. The van der Waals surface area contributed by atoms with Crippen LogP contribution in [0.3, 0.4) is 0 Å². The van der Waals surface area contributed by atoms with Gasteiger partial charge in [0, 0.05) is 5.25 Å². The molecule has 4 nitrogen and oxygen atoms in total. The summed E-state index contributed by atoms with van der Waals surface area (Å²) >= 11 is 0. The number of hydrogen-bond donors (Lipinski definition) is 1. The molecular formula is C13H27NaO4S. The van der Waals surface area contributed by atoms with Crippen molar-refractivity contribution in [3.63, 3.8) is 0 Å². The molecule has 0 saturated heterocycles. The molecule has 0 aliphatic carbocycles. The maximum absolute atomic E-state index is 11.0. The molecule has 0 aromatic heterocycles. The third-order valence-corrected chi connectivity index (χ3v) is 4.49. The Bertz CT molecular complexity index is 293. The van der Waals surface area contributed by atoms with Crippen LogP contribution in [0.4, 0.5) is 0 Å². The Morgan fingerprint density at radius 2 is 1.47 bits per heavy atom. The SMILES string of the molecule is CCCC(O)CCCCCC(CCC)S(=O)(=O)[O-].[Na+]. The van der Waals surface area contributed by atoms with Gasteiger partial charge in [-0.05, 0) is 25.7 Å². The molecule has 0 heterocycles. The number of hydrogen-bond acceptors (Lipinski definition) is 4. The zero-order chi connectivity index (χ0) is 14.0. The monoisotopic (exact) mass is 302 g/mol. The third-order valence-electron chi connectivity index (χ3n) is 3.20. The fourth-order valence-electron chi connectivity index (χ4n) is 2.16. The predicted octanol–water partition coefficient (Wildman–Crippen LogP) is -0.184. The van der Waals surface area contributed by atoms with Gasteiger partial charge in [0.2, 0.25) is 0 Å². The summed E-state index contributed by atoms with van der Waals surface area (Å²) in [6, 6.07) is 0. The van der Waals surface area contributed by atoms with Crippen LogP contribution >= 0.6 is 0 Å². The summed E-state index contributed by atoms with van der Waals surface area (Å²) < 4.78 is 32.9. The summed E-state index contributed by atoms with van der Waals surface area (Å²) in [5.74, 6) is 0. The second-order valence-corrected chi connectivity index (χ2v) is 6.64. The molecule has 6 heteroatoms. The van der Waals surface area contributed by atoms with Crippen LogP contribution in [0.15, 0.2) is 0 Å². The number of aliphatic hydroxyl groups excluding tert-OH is 1. The summed E-state index contributed by atoms with van der Waals surface area (Å²) in [7, 11) is -4.14. The van der Waals surface area contributed by atoms with E-state index in [1.807, 2.05) is 13.8 Å². The number of unbranched alkanes of at least 4 members (excludes halogenated alkanes) is 2. The quantitative estimate of drug-likeness (QED) is 0.326. The Kier molecular flexibility index (Phi) is 14.7. The van der Waals surface area contributed by atoms with Gasteiger partial charge in [-0.25, -0.2) is 8.42 Å². The molecule has 19 heavy (non-hydrogen) atoms. The van der Waals surface area contributed by atoms with Crippen LogP contribution in [0.5, 0.6) is 0 Å². The Balaban J connectivity index is 0. The first-order valence-electron chi connectivity index (χ1n) is 7.04. The first kappa shape index (κ1) is 22.2. The largest absolute Gasteiger partial charge is 1.00 e. The van der Waals surface area contributed by atoms with E-state index in [4.69, 9.17) is 0 Å². The van der Waals surface area contributed by atoms with Crippen LogP contribution in [-0.4, -0.2) is 29.4 Å². The van der Waals surface area contributed by atoms with E-state index in [0.717, 1.165) is 44.9 Å². The number of rotatable bonds is 11. The molecule has 0 saturated carbocycles. The van der Waals surface area contributed by atoms with Gasteiger partial charge in [-0.3, -0.25) is 0 Å². The van der Waals surface area contributed by atoms with Gasteiger partial charge in [-0.2, -0.15) is 0 Å². The van der Waals surface area contributed by atoms with Gasteiger partial charge in [-0.15, -0.1) is 0 Å². The van der Waals surface area contributed by atoms with Gasteiger partial charge < -0.3 is 9.66 Å². The molecule has 0 radical (unpaired) electrons. The molecule has 0 aromatic rings. The molecule has 0 amide bonds. The van der Waals surface area contributed by atoms with Crippen LogP contribution in [0, 0.1) is 0 Å². The first-order valence-corrected chi connectivity index (χ1v) is 8.51. The van der Waals surface area contributed by atoms with Crippen LogP contribution in [0.25, 0.3) is 0 Å². The van der Waals surface area contributed by atoms with E-state index < -0.39 is 15.4 Å². The standard InChI is InChI=1S/C13H28O4S.Na/c1-3-8-12(14)10-6-5-7-11-13(9-4-2)18(15,16)17;/h12-14H,3-11H2,1-2H3,(H,15,16,17);/q;+1/p-1. The van der Waals surface area contributed by atoms with Gasteiger partial charge in [0.25, 0.3) is 0 Å². The minimum atomic E-state index is -4.14. The van der Waals surface area contributed by atoms with Crippen molar-refractivity contribution in [2.45, 2.75) is 83.0 Å². The zero-order valence-corrected chi connectivity index (χ0v) is 15.4. The molecule has 0 aromatic carbocycles. The van der Waals surface area contributed by atoms with E-state index in [1.54, 1.807) is 0 Å². The first-order chi connectivity index (χ1) is 8.41. The molecule has 2 atom stereocenters. The minimum absolute atomic E-state index is 0. The maximum Gasteiger partial charge on any atom is 1.00 e. The summed E-state index contributed by atoms with van der Waals surface area (Å²) in [6.45, 7) is 3.93. The van der Waals surface area contributed by atoms with Gasteiger partial charge in [-0.1, -0.05) is 46.0 Å². The van der Waals surface area contributed by atoms with Gasteiger partial charge in [0.1, 0.15) is 0 Å². The van der Waals surface area contributed by atoms with E-state index in [2.05, 4.69) is 0 Å². The van der Waals surface area contributed by atoms with E-state index in [0.29, 0.717) is 12.8 Å². The maximum atomic E-state index is 11.0. The molecule has 0 fully saturated rings. The van der Waals surface area contributed by atoms with Crippen molar-refractivity contribution in [2.24, 2.45) is 0 Å². The van der Waals surface area contributed by atoms with Crippen molar-refractivity contribution in [3.8, 4) is 0 Å². The van der Waals surface area contributed by atoms with E-state index in [-0.39, 0.29) is 35.7 Å². The topological polar surface area (TPSA) is 77.4 Å². The molecule has 1 N–H and O–H groups in total. The van der Waals surface area contributed by atoms with Crippen molar-refractivity contribution in [1.82, 2.24) is 0 Å². The fourth-order valence-corrected chi connectivity index (χ4v) is 3.14. The van der Waals surface area contributed by atoms with Crippen molar-refractivity contribution in [2.75, 3.05) is 0 Å². The zero-order valence-electron chi connectivity index (χ0n) is 12.6. The average Bonchev–Trinajstić information content (AvgIpc) is 2.26. The molecule has 0 bridgehead atoms. The van der Waals surface area contributed by atoms with Gasteiger partial charge in [0.05, 0.1) is 16.2 Å². The summed E-state index contributed by atoms with van der Waals surface area (Å²) in [5, 5.41) is 8.81. The van der Waals surface area contributed by atoms with Crippen LogP contribution < -0.4 is 29.6 Å². The molecule has 110 valence electrons. The van der Waals surface area contributed by atoms with Crippen molar-refractivity contribution >= 4 is 10.1 Å². The van der Waals surface area contributed by atoms with Crippen molar-refractivity contribution < 1.29 is 47.6 Å². The van der Waals surface area contributed by atoms with Crippen molar-refractivity contribution in [1.29, 1.82) is 0 Å². The molecule has 2 unspecified atom stereocenters. The van der Waals surface area contributed by atoms with Gasteiger partial charge in [0.15, 0.2) is 0 Å². The Morgan fingerprint density at radius 1 is 0.947 bits per heavy atom. The minimum Gasteiger partial charge on any atom is -0.748 e. The van der Waals surface area contributed by atoms with Crippen LogP contribution in [0.1, 0.15) is 71.6 Å². The van der Waals surface area contributed by atoms with E-state index in [9.17, 15) is 18.1 Å². The van der Waals surface area contributed by atoms with Crippen LogP contribution in [0.2, 0.25) is 0 Å². The third kappa shape index (κ3) is 12.3. The fraction of sp³-hybridized carbons (Fsp3) is 1.00. The Morgan fingerprint density at radius 3 is 1.95 bits per heavy atom. The number of aliphatic hydroxyl groups is 1.